The van der Waals surface area contributed by atoms with Crippen molar-refractivity contribution in [3.05, 3.63) is 46.4 Å². The molecule has 0 atom stereocenters. The highest BCUT2D eigenvalue weighted by atomic mass is 32.1. The van der Waals surface area contributed by atoms with Crippen molar-refractivity contribution in [1.82, 2.24) is 10.3 Å². The molecule has 7 heteroatoms. The average Bonchev–Trinajstić information content (AvgIpc) is 2.98. The van der Waals surface area contributed by atoms with Crippen LogP contribution in [0, 0.1) is 0 Å². The fourth-order valence-electron chi connectivity index (χ4n) is 1.68. The molecule has 0 radical (unpaired) electrons. The topological polar surface area (TPSA) is 91.3 Å². The Morgan fingerprint density at radius 3 is 2.62 bits per heavy atom. The van der Waals surface area contributed by atoms with Crippen LogP contribution in [0.1, 0.15) is 16.9 Å². The maximum Gasteiger partial charge on any atom is 0.319 e. The van der Waals surface area contributed by atoms with Crippen LogP contribution >= 0.6 is 11.3 Å². The molecule has 1 aromatic carbocycles. The first-order chi connectivity index (χ1) is 10.1. The molecule has 21 heavy (non-hydrogen) atoms. The molecule has 0 aliphatic heterocycles. The number of amides is 2. The normalized spacial score (nSPS) is 10.1. The number of aromatic nitrogens is 1. The molecule has 6 nitrogen and oxygen atoms in total. The first-order valence-electron chi connectivity index (χ1n) is 6.36. The van der Waals surface area contributed by atoms with Gasteiger partial charge in [-0.25, -0.2) is 4.79 Å². The van der Waals surface area contributed by atoms with Gasteiger partial charge in [0.05, 0.1) is 12.1 Å². The van der Waals surface area contributed by atoms with Gasteiger partial charge in [0.15, 0.2) is 0 Å². The first-order valence-corrected chi connectivity index (χ1v) is 7.24. The van der Waals surface area contributed by atoms with E-state index in [1.165, 1.54) is 11.3 Å². The average molecular weight is 305 g/mol. The number of hydrogen-bond donors (Lipinski definition) is 3. The van der Waals surface area contributed by atoms with Crippen molar-refractivity contribution in [3.8, 4) is 0 Å². The highest BCUT2D eigenvalue weighted by molar-refractivity contribution is 7.09. The molecule has 1 heterocycles. The van der Waals surface area contributed by atoms with Crippen molar-refractivity contribution < 1.29 is 14.7 Å². The van der Waals surface area contributed by atoms with E-state index in [2.05, 4.69) is 15.6 Å². The van der Waals surface area contributed by atoms with Crippen LogP contribution in [0.2, 0.25) is 0 Å². The van der Waals surface area contributed by atoms with Crippen molar-refractivity contribution >= 4 is 29.0 Å². The standard InChI is InChI=1S/C14H15N3O3S/c18-13(19)6-3-10-1-4-11(5-2-10)17-14(20)16-8-12-7-15-9-21-12/h1-2,4-5,7,9H,3,6,8H2,(H,18,19)(H2,16,17,20). The van der Waals surface area contributed by atoms with Gasteiger partial charge in [-0.15, -0.1) is 11.3 Å². The highest BCUT2D eigenvalue weighted by Gasteiger charge is 2.03. The van der Waals surface area contributed by atoms with Crippen molar-refractivity contribution in [2.45, 2.75) is 19.4 Å². The predicted octanol–water partition coefficient (Wildman–Crippen LogP) is 2.48. The predicted molar refractivity (Wildman–Crippen MR) is 80.4 cm³/mol. The molecule has 0 aliphatic rings. The van der Waals surface area contributed by atoms with E-state index >= 15 is 0 Å². The van der Waals surface area contributed by atoms with Crippen molar-refractivity contribution in [2.75, 3.05) is 5.32 Å². The number of nitrogens with one attached hydrogen (secondary N) is 2. The minimum atomic E-state index is -0.820. The fraction of sp³-hybridized carbons (Fsp3) is 0.214. The lowest BCUT2D eigenvalue weighted by molar-refractivity contribution is -0.136. The summed E-state index contributed by atoms with van der Waals surface area (Å²) in [6, 6.07) is 6.83. The van der Waals surface area contributed by atoms with Gasteiger partial charge in [-0.2, -0.15) is 0 Å². The summed E-state index contributed by atoms with van der Waals surface area (Å²) in [5.74, 6) is -0.820. The number of hydrogen-bond acceptors (Lipinski definition) is 4. The maximum absolute atomic E-state index is 11.7. The number of carboxylic acid groups (broad SMARTS) is 1. The van der Waals surface area contributed by atoms with Gasteiger partial charge >= 0.3 is 12.0 Å². The second kappa shape index (κ2) is 7.39. The Labute approximate surface area is 125 Å². The summed E-state index contributed by atoms with van der Waals surface area (Å²) in [6.07, 6.45) is 2.29. The zero-order chi connectivity index (χ0) is 15.1. The number of carbonyl (C=O) groups is 2. The Balaban J connectivity index is 1.79. The Hall–Kier alpha value is -2.41. The van der Waals surface area contributed by atoms with Gasteiger partial charge in [0.1, 0.15) is 0 Å². The molecule has 0 saturated carbocycles. The van der Waals surface area contributed by atoms with Gasteiger partial charge in [-0.3, -0.25) is 9.78 Å². The molecule has 0 aliphatic carbocycles. The van der Waals surface area contributed by atoms with E-state index in [4.69, 9.17) is 5.11 Å². The maximum atomic E-state index is 11.7. The van der Waals surface area contributed by atoms with Crippen LogP contribution in [0.3, 0.4) is 0 Å². The zero-order valence-electron chi connectivity index (χ0n) is 11.2. The number of thiazole rings is 1. The number of urea groups is 1. The molecular weight excluding hydrogens is 290 g/mol. The Morgan fingerprint density at radius 2 is 2.00 bits per heavy atom. The largest absolute Gasteiger partial charge is 0.481 e. The SMILES string of the molecule is O=C(O)CCc1ccc(NC(=O)NCc2cncs2)cc1. The van der Waals surface area contributed by atoms with Crippen LogP contribution in [0.15, 0.2) is 36.0 Å². The second-order valence-corrected chi connectivity index (χ2v) is 5.34. The molecule has 0 fully saturated rings. The minimum absolute atomic E-state index is 0.0993. The van der Waals surface area contributed by atoms with Crippen LogP contribution in [-0.2, 0) is 17.8 Å². The smallest absolute Gasteiger partial charge is 0.319 e. The van der Waals surface area contributed by atoms with E-state index in [1.807, 2.05) is 12.1 Å². The third kappa shape index (κ3) is 5.23. The molecule has 0 saturated heterocycles. The fourth-order valence-corrected chi connectivity index (χ4v) is 2.21. The lowest BCUT2D eigenvalue weighted by Crippen LogP contribution is -2.27. The van der Waals surface area contributed by atoms with Crippen LogP contribution in [0.25, 0.3) is 0 Å². The van der Waals surface area contributed by atoms with E-state index in [1.54, 1.807) is 23.8 Å². The highest BCUT2D eigenvalue weighted by Crippen LogP contribution is 2.11. The molecular formula is C14H15N3O3S. The number of aryl methyl sites for hydroxylation is 1. The number of aliphatic carboxylic acids is 1. The molecule has 2 aromatic rings. The van der Waals surface area contributed by atoms with E-state index in [0.29, 0.717) is 18.7 Å². The number of nitrogens with zero attached hydrogens (tertiary/aromatic N) is 1. The Morgan fingerprint density at radius 1 is 1.24 bits per heavy atom. The number of carbonyl (C=O) groups excluding carboxylic acids is 1. The van der Waals surface area contributed by atoms with Crippen molar-refractivity contribution in [3.63, 3.8) is 0 Å². The van der Waals surface area contributed by atoms with E-state index < -0.39 is 5.97 Å². The van der Waals surface area contributed by atoms with E-state index in [-0.39, 0.29) is 12.5 Å². The van der Waals surface area contributed by atoms with Crippen molar-refractivity contribution in [1.29, 1.82) is 0 Å². The summed E-state index contributed by atoms with van der Waals surface area (Å²) in [7, 11) is 0. The third-order valence-electron chi connectivity index (χ3n) is 2.75. The van der Waals surface area contributed by atoms with E-state index in [9.17, 15) is 9.59 Å². The van der Waals surface area contributed by atoms with Gasteiger partial charge in [0.2, 0.25) is 0 Å². The van der Waals surface area contributed by atoms with Crippen LogP contribution in [0.5, 0.6) is 0 Å². The van der Waals surface area contributed by atoms with Crippen LogP contribution in [0.4, 0.5) is 10.5 Å². The lowest BCUT2D eigenvalue weighted by atomic mass is 10.1. The molecule has 2 amide bonds. The van der Waals surface area contributed by atoms with Gasteiger partial charge in [-0.1, -0.05) is 12.1 Å². The van der Waals surface area contributed by atoms with Gasteiger partial charge in [-0.05, 0) is 24.1 Å². The summed E-state index contributed by atoms with van der Waals surface area (Å²) < 4.78 is 0. The quantitative estimate of drug-likeness (QED) is 0.764. The molecule has 110 valence electrons. The van der Waals surface area contributed by atoms with Crippen LogP contribution < -0.4 is 10.6 Å². The molecule has 0 bridgehead atoms. The summed E-state index contributed by atoms with van der Waals surface area (Å²) >= 11 is 1.48. The summed E-state index contributed by atoms with van der Waals surface area (Å²) in [4.78, 5) is 27.1. The number of anilines is 1. The Bertz CT molecular complexity index is 596. The van der Waals surface area contributed by atoms with Gasteiger partial charge in [0.25, 0.3) is 0 Å². The minimum Gasteiger partial charge on any atom is -0.481 e. The number of carboxylic acids is 1. The molecule has 0 spiro atoms. The Kier molecular flexibility index (Phi) is 5.28. The summed E-state index contributed by atoms with van der Waals surface area (Å²) in [5, 5.41) is 14.1. The monoisotopic (exact) mass is 305 g/mol. The first kappa shape index (κ1) is 15.0. The van der Waals surface area contributed by atoms with Gasteiger partial charge in [0, 0.05) is 23.2 Å². The molecule has 2 rings (SSSR count). The van der Waals surface area contributed by atoms with E-state index in [0.717, 1.165) is 10.4 Å². The summed E-state index contributed by atoms with van der Waals surface area (Å²) in [5.41, 5.74) is 3.30. The molecule has 0 unspecified atom stereocenters. The third-order valence-corrected chi connectivity index (χ3v) is 3.53. The van der Waals surface area contributed by atoms with Crippen molar-refractivity contribution in [2.24, 2.45) is 0 Å². The summed E-state index contributed by atoms with van der Waals surface area (Å²) in [6.45, 7) is 0.438. The number of rotatable bonds is 6. The molecule has 3 N–H and O–H groups in total. The van der Waals surface area contributed by atoms with Crippen LogP contribution in [-0.4, -0.2) is 22.1 Å². The second-order valence-electron chi connectivity index (χ2n) is 4.37. The molecule has 1 aromatic heterocycles. The number of benzene rings is 1. The van der Waals surface area contributed by atoms with Gasteiger partial charge < -0.3 is 15.7 Å². The lowest BCUT2D eigenvalue weighted by Gasteiger charge is -2.07. The zero-order valence-corrected chi connectivity index (χ0v) is 12.0.